The molecule has 0 bridgehead atoms. The van der Waals surface area contributed by atoms with E-state index in [1.807, 2.05) is 36.4 Å². The molecule has 1 heterocycles. The smallest absolute Gasteiger partial charge is 0.227 e. The summed E-state index contributed by atoms with van der Waals surface area (Å²) in [4.78, 5) is 4.45. The molecule has 1 aromatic heterocycles. The third kappa shape index (κ3) is 1.48. The molecule has 0 atom stereocenters. The number of para-hydroxylation sites is 2. The predicted molar refractivity (Wildman–Crippen MR) is 64.2 cm³/mol. The van der Waals surface area contributed by atoms with E-state index in [-0.39, 0.29) is 0 Å². The molecular weight excluding hydrogens is 198 g/mol. The Hall–Kier alpha value is -2.09. The quantitative estimate of drug-likeness (QED) is 0.609. The van der Waals surface area contributed by atoms with Gasteiger partial charge in [0.05, 0.1) is 0 Å². The first-order chi connectivity index (χ1) is 7.83. The second-order valence-corrected chi connectivity index (χ2v) is 3.85. The Balaban J connectivity index is 2.15. The molecule has 0 radical (unpaired) electrons. The van der Waals surface area contributed by atoms with E-state index in [1.165, 1.54) is 5.56 Å². The SMILES string of the molecule is Cc1ccc(-c2nc3ccccc3o2)cc1. The van der Waals surface area contributed by atoms with E-state index < -0.39 is 0 Å². The Morgan fingerprint density at radius 2 is 1.69 bits per heavy atom. The first-order valence-electron chi connectivity index (χ1n) is 5.25. The molecule has 2 nitrogen and oxygen atoms in total. The second-order valence-electron chi connectivity index (χ2n) is 3.85. The maximum atomic E-state index is 5.68. The molecule has 0 aliphatic heterocycles. The summed E-state index contributed by atoms with van der Waals surface area (Å²) < 4.78 is 5.68. The zero-order valence-corrected chi connectivity index (χ0v) is 8.97. The Morgan fingerprint density at radius 3 is 2.44 bits per heavy atom. The summed E-state index contributed by atoms with van der Waals surface area (Å²) in [6.45, 7) is 2.07. The summed E-state index contributed by atoms with van der Waals surface area (Å²) in [6, 6.07) is 16.0. The van der Waals surface area contributed by atoms with E-state index >= 15 is 0 Å². The van der Waals surface area contributed by atoms with Gasteiger partial charge in [-0.15, -0.1) is 0 Å². The molecule has 0 amide bonds. The van der Waals surface area contributed by atoms with Crippen molar-refractivity contribution in [2.45, 2.75) is 6.92 Å². The zero-order chi connectivity index (χ0) is 11.0. The van der Waals surface area contributed by atoms with Crippen molar-refractivity contribution in [3.63, 3.8) is 0 Å². The maximum absolute atomic E-state index is 5.68. The number of benzene rings is 2. The Morgan fingerprint density at radius 1 is 0.938 bits per heavy atom. The predicted octanol–water partition coefficient (Wildman–Crippen LogP) is 3.80. The van der Waals surface area contributed by atoms with Gasteiger partial charge in [0.2, 0.25) is 5.89 Å². The number of hydrogen-bond acceptors (Lipinski definition) is 2. The lowest BCUT2D eigenvalue weighted by molar-refractivity contribution is 0.620. The van der Waals surface area contributed by atoms with Crippen LogP contribution < -0.4 is 0 Å². The standard InChI is InChI=1S/C14H11NO/c1-10-6-8-11(9-7-10)14-15-12-4-2-3-5-13(12)16-14/h2-9H,1H3. The van der Waals surface area contributed by atoms with Crippen LogP contribution in [0.5, 0.6) is 0 Å². The highest BCUT2D eigenvalue weighted by molar-refractivity contribution is 5.75. The van der Waals surface area contributed by atoms with Crippen LogP contribution in [-0.4, -0.2) is 4.98 Å². The molecular formula is C14H11NO. The molecule has 0 N–H and O–H groups in total. The largest absolute Gasteiger partial charge is 0.436 e. The van der Waals surface area contributed by atoms with Gasteiger partial charge in [0.15, 0.2) is 5.58 Å². The van der Waals surface area contributed by atoms with Crippen LogP contribution in [-0.2, 0) is 0 Å². The van der Waals surface area contributed by atoms with Crippen molar-refractivity contribution in [2.24, 2.45) is 0 Å². The van der Waals surface area contributed by atoms with Crippen molar-refractivity contribution in [1.29, 1.82) is 0 Å². The average Bonchev–Trinajstić information content (AvgIpc) is 2.73. The van der Waals surface area contributed by atoms with Gasteiger partial charge >= 0.3 is 0 Å². The van der Waals surface area contributed by atoms with E-state index in [0.29, 0.717) is 5.89 Å². The van der Waals surface area contributed by atoms with Crippen molar-refractivity contribution in [3.05, 3.63) is 54.1 Å². The third-order valence-corrected chi connectivity index (χ3v) is 2.59. The zero-order valence-electron chi connectivity index (χ0n) is 8.97. The lowest BCUT2D eigenvalue weighted by Crippen LogP contribution is -1.77. The number of hydrogen-bond donors (Lipinski definition) is 0. The molecule has 3 aromatic rings. The second kappa shape index (κ2) is 3.49. The van der Waals surface area contributed by atoms with Gasteiger partial charge in [0.25, 0.3) is 0 Å². The van der Waals surface area contributed by atoms with Crippen LogP contribution in [0.15, 0.2) is 52.9 Å². The summed E-state index contributed by atoms with van der Waals surface area (Å²) >= 11 is 0. The van der Waals surface area contributed by atoms with E-state index in [9.17, 15) is 0 Å². The third-order valence-electron chi connectivity index (χ3n) is 2.59. The molecule has 3 rings (SSSR count). The van der Waals surface area contributed by atoms with Crippen molar-refractivity contribution in [2.75, 3.05) is 0 Å². The topological polar surface area (TPSA) is 26.0 Å². The average molecular weight is 209 g/mol. The van der Waals surface area contributed by atoms with Crippen LogP contribution in [0.2, 0.25) is 0 Å². The van der Waals surface area contributed by atoms with Gasteiger partial charge in [-0.1, -0.05) is 29.8 Å². The molecule has 2 aromatic carbocycles. The van der Waals surface area contributed by atoms with Gasteiger partial charge in [-0.25, -0.2) is 4.98 Å². The van der Waals surface area contributed by atoms with Crippen molar-refractivity contribution < 1.29 is 4.42 Å². The number of rotatable bonds is 1. The van der Waals surface area contributed by atoms with Crippen LogP contribution in [0.1, 0.15) is 5.56 Å². The van der Waals surface area contributed by atoms with Crippen LogP contribution in [0.3, 0.4) is 0 Å². The summed E-state index contributed by atoms with van der Waals surface area (Å²) in [6.07, 6.45) is 0. The Bertz CT molecular complexity index is 590. The van der Waals surface area contributed by atoms with Gasteiger partial charge in [0.1, 0.15) is 5.52 Å². The van der Waals surface area contributed by atoms with Crippen LogP contribution in [0.25, 0.3) is 22.6 Å². The van der Waals surface area contributed by atoms with Gasteiger partial charge in [-0.05, 0) is 31.2 Å². The molecule has 0 spiro atoms. The molecule has 2 heteroatoms. The molecule has 0 unspecified atom stereocenters. The summed E-state index contributed by atoms with van der Waals surface area (Å²) in [5.41, 5.74) is 3.98. The highest BCUT2D eigenvalue weighted by Gasteiger charge is 2.06. The number of fused-ring (bicyclic) bond motifs is 1. The van der Waals surface area contributed by atoms with Crippen molar-refractivity contribution >= 4 is 11.1 Å². The summed E-state index contributed by atoms with van der Waals surface area (Å²) in [5.74, 6) is 0.682. The minimum atomic E-state index is 0.682. The minimum Gasteiger partial charge on any atom is -0.436 e. The molecule has 78 valence electrons. The molecule has 0 saturated carbocycles. The molecule has 16 heavy (non-hydrogen) atoms. The molecule has 0 aliphatic carbocycles. The first-order valence-corrected chi connectivity index (χ1v) is 5.25. The van der Waals surface area contributed by atoms with Crippen molar-refractivity contribution in [3.8, 4) is 11.5 Å². The maximum Gasteiger partial charge on any atom is 0.227 e. The van der Waals surface area contributed by atoms with Gasteiger partial charge < -0.3 is 4.42 Å². The van der Waals surface area contributed by atoms with Gasteiger partial charge in [-0.2, -0.15) is 0 Å². The van der Waals surface area contributed by atoms with Crippen LogP contribution >= 0.6 is 0 Å². The number of aromatic nitrogens is 1. The molecule has 0 aliphatic rings. The van der Waals surface area contributed by atoms with Crippen molar-refractivity contribution in [1.82, 2.24) is 4.98 Å². The fourth-order valence-corrected chi connectivity index (χ4v) is 1.69. The Labute approximate surface area is 93.5 Å². The minimum absolute atomic E-state index is 0.682. The molecule has 0 fully saturated rings. The fourth-order valence-electron chi connectivity index (χ4n) is 1.69. The normalized spacial score (nSPS) is 10.8. The van der Waals surface area contributed by atoms with E-state index in [1.54, 1.807) is 0 Å². The van der Waals surface area contributed by atoms with Gasteiger partial charge in [-0.3, -0.25) is 0 Å². The first kappa shape index (κ1) is 9.16. The summed E-state index contributed by atoms with van der Waals surface area (Å²) in [5, 5.41) is 0. The number of aryl methyl sites for hydroxylation is 1. The van der Waals surface area contributed by atoms with Crippen LogP contribution in [0.4, 0.5) is 0 Å². The molecule has 0 saturated heterocycles. The lowest BCUT2D eigenvalue weighted by atomic mass is 10.1. The van der Waals surface area contributed by atoms with E-state index in [2.05, 4.69) is 24.0 Å². The van der Waals surface area contributed by atoms with Crippen LogP contribution in [0, 0.1) is 6.92 Å². The van der Waals surface area contributed by atoms with E-state index in [0.717, 1.165) is 16.7 Å². The number of oxazole rings is 1. The highest BCUT2D eigenvalue weighted by Crippen LogP contribution is 2.23. The lowest BCUT2D eigenvalue weighted by Gasteiger charge is -1.95. The summed E-state index contributed by atoms with van der Waals surface area (Å²) in [7, 11) is 0. The Kier molecular flexibility index (Phi) is 2.00. The fraction of sp³-hybridized carbons (Fsp3) is 0.0714. The van der Waals surface area contributed by atoms with E-state index in [4.69, 9.17) is 4.42 Å². The van der Waals surface area contributed by atoms with Gasteiger partial charge in [0, 0.05) is 5.56 Å². The monoisotopic (exact) mass is 209 g/mol. The highest BCUT2D eigenvalue weighted by atomic mass is 16.3. The number of nitrogens with zero attached hydrogens (tertiary/aromatic N) is 1.